The van der Waals surface area contributed by atoms with Gasteiger partial charge in [-0.1, -0.05) is 0 Å². The number of aromatic nitrogens is 4. The van der Waals surface area contributed by atoms with E-state index in [0.29, 0.717) is 5.56 Å². The maximum Gasteiger partial charge on any atom is 0.330 e. The van der Waals surface area contributed by atoms with E-state index < -0.39 is 12.0 Å². The Morgan fingerprint density at radius 2 is 2.26 bits per heavy atom. The Labute approximate surface area is 108 Å². The first kappa shape index (κ1) is 12.5. The van der Waals surface area contributed by atoms with Crippen LogP contribution in [0.2, 0.25) is 0 Å². The summed E-state index contributed by atoms with van der Waals surface area (Å²) in [7, 11) is 1.70. The van der Waals surface area contributed by atoms with Crippen molar-refractivity contribution in [3.05, 3.63) is 36.0 Å². The lowest BCUT2D eigenvalue weighted by Crippen LogP contribution is -2.20. The van der Waals surface area contributed by atoms with Gasteiger partial charge in [0.1, 0.15) is 11.9 Å². The molecule has 0 aliphatic carbocycles. The van der Waals surface area contributed by atoms with Crippen molar-refractivity contribution in [3.63, 3.8) is 0 Å². The van der Waals surface area contributed by atoms with Crippen LogP contribution in [0.1, 0.15) is 17.3 Å². The number of hydrogen-bond acceptors (Lipinski definition) is 6. The van der Waals surface area contributed by atoms with E-state index in [1.165, 1.54) is 23.3 Å². The van der Waals surface area contributed by atoms with Gasteiger partial charge < -0.3 is 10.4 Å². The number of carboxylic acids is 1. The van der Waals surface area contributed by atoms with E-state index in [-0.39, 0.29) is 11.5 Å². The SMILES string of the molecule is Cn1cc(C(Nc2cnc(C#N)cn2)C(=O)O)cn1. The predicted octanol–water partition coefficient (Wildman–Crippen LogP) is 0.320. The summed E-state index contributed by atoms with van der Waals surface area (Å²) < 4.78 is 1.51. The number of nitrogens with zero attached hydrogens (tertiary/aromatic N) is 5. The number of aliphatic carboxylic acids is 1. The van der Waals surface area contributed by atoms with Crippen LogP contribution in [0.3, 0.4) is 0 Å². The van der Waals surface area contributed by atoms with E-state index in [2.05, 4.69) is 20.4 Å². The van der Waals surface area contributed by atoms with Crippen LogP contribution in [-0.2, 0) is 11.8 Å². The van der Waals surface area contributed by atoms with Crippen LogP contribution in [0.15, 0.2) is 24.8 Å². The first-order chi connectivity index (χ1) is 9.10. The molecule has 1 atom stereocenters. The Morgan fingerprint density at radius 3 is 2.74 bits per heavy atom. The summed E-state index contributed by atoms with van der Waals surface area (Å²) >= 11 is 0. The van der Waals surface area contributed by atoms with Gasteiger partial charge in [-0.05, 0) is 0 Å². The van der Waals surface area contributed by atoms with Crippen molar-refractivity contribution < 1.29 is 9.90 Å². The van der Waals surface area contributed by atoms with Gasteiger partial charge in [-0.25, -0.2) is 14.8 Å². The molecule has 2 aromatic heterocycles. The summed E-state index contributed by atoms with van der Waals surface area (Å²) in [6.07, 6.45) is 5.64. The van der Waals surface area contributed by atoms with Crippen molar-refractivity contribution in [1.29, 1.82) is 5.26 Å². The molecule has 0 aliphatic rings. The molecular weight excluding hydrogens is 248 g/mol. The van der Waals surface area contributed by atoms with Gasteiger partial charge in [0.15, 0.2) is 11.7 Å². The summed E-state index contributed by atoms with van der Waals surface area (Å²) in [5, 5.41) is 24.4. The van der Waals surface area contributed by atoms with Crippen molar-refractivity contribution in [2.45, 2.75) is 6.04 Å². The molecule has 19 heavy (non-hydrogen) atoms. The van der Waals surface area contributed by atoms with Gasteiger partial charge in [0.2, 0.25) is 0 Å². The standard InChI is InChI=1S/C11H10N6O2/c1-17-6-7(3-15-17)10(11(18)19)16-9-5-13-8(2-12)4-14-9/h3-6,10H,1H3,(H,14,16)(H,18,19). The highest BCUT2D eigenvalue weighted by Crippen LogP contribution is 2.17. The van der Waals surface area contributed by atoms with Crippen molar-refractivity contribution in [2.75, 3.05) is 5.32 Å². The number of rotatable bonds is 4. The topological polar surface area (TPSA) is 117 Å². The lowest BCUT2D eigenvalue weighted by molar-refractivity contribution is -0.138. The number of nitriles is 1. The smallest absolute Gasteiger partial charge is 0.330 e. The third-order valence-corrected chi connectivity index (χ3v) is 2.36. The highest BCUT2D eigenvalue weighted by Gasteiger charge is 2.21. The van der Waals surface area contributed by atoms with Crippen LogP contribution >= 0.6 is 0 Å². The fourth-order valence-corrected chi connectivity index (χ4v) is 1.49. The molecule has 2 N–H and O–H groups in total. The van der Waals surface area contributed by atoms with Crippen molar-refractivity contribution in [1.82, 2.24) is 19.7 Å². The molecule has 0 spiro atoms. The molecule has 96 valence electrons. The maximum atomic E-state index is 11.2. The van der Waals surface area contributed by atoms with Crippen LogP contribution < -0.4 is 5.32 Å². The quantitative estimate of drug-likeness (QED) is 0.810. The van der Waals surface area contributed by atoms with Gasteiger partial charge in [0, 0.05) is 18.8 Å². The number of nitrogens with one attached hydrogen (secondary N) is 1. The van der Waals surface area contributed by atoms with Crippen LogP contribution in [0, 0.1) is 11.3 Å². The van der Waals surface area contributed by atoms with Crippen molar-refractivity contribution in [3.8, 4) is 6.07 Å². The Morgan fingerprint density at radius 1 is 1.47 bits per heavy atom. The summed E-state index contributed by atoms with van der Waals surface area (Å²) in [5.41, 5.74) is 0.667. The monoisotopic (exact) mass is 258 g/mol. The molecular formula is C11H10N6O2. The van der Waals surface area contributed by atoms with Crippen LogP contribution in [-0.4, -0.2) is 30.8 Å². The summed E-state index contributed by atoms with van der Waals surface area (Å²) in [6, 6.07) is 0.858. The van der Waals surface area contributed by atoms with E-state index in [0.717, 1.165) is 0 Å². The van der Waals surface area contributed by atoms with Gasteiger partial charge >= 0.3 is 5.97 Å². The molecule has 0 radical (unpaired) electrons. The second-order valence-corrected chi connectivity index (χ2v) is 3.76. The van der Waals surface area contributed by atoms with Crippen LogP contribution in [0.25, 0.3) is 0 Å². The number of aryl methyl sites for hydroxylation is 1. The third kappa shape index (κ3) is 2.84. The van der Waals surface area contributed by atoms with Crippen LogP contribution in [0.5, 0.6) is 0 Å². The minimum absolute atomic E-state index is 0.166. The minimum Gasteiger partial charge on any atom is -0.479 e. The van der Waals surface area contributed by atoms with Gasteiger partial charge in [0.25, 0.3) is 0 Å². The summed E-state index contributed by atoms with van der Waals surface area (Å²) in [4.78, 5) is 19.0. The molecule has 2 aromatic rings. The van der Waals surface area contributed by atoms with E-state index in [4.69, 9.17) is 5.26 Å². The zero-order chi connectivity index (χ0) is 13.8. The zero-order valence-electron chi connectivity index (χ0n) is 9.98. The Balaban J connectivity index is 2.21. The Hall–Kier alpha value is -2.95. The van der Waals surface area contributed by atoms with Crippen LogP contribution in [0.4, 0.5) is 5.82 Å². The second kappa shape index (κ2) is 5.14. The average molecular weight is 258 g/mol. The molecule has 0 saturated heterocycles. The second-order valence-electron chi connectivity index (χ2n) is 3.76. The normalized spacial score (nSPS) is 11.6. The fourth-order valence-electron chi connectivity index (χ4n) is 1.49. The van der Waals surface area contributed by atoms with Gasteiger partial charge in [-0.15, -0.1) is 0 Å². The number of carboxylic acid groups (broad SMARTS) is 1. The first-order valence-electron chi connectivity index (χ1n) is 5.30. The molecule has 0 saturated carbocycles. The molecule has 2 rings (SSSR count). The molecule has 8 nitrogen and oxygen atoms in total. The van der Waals surface area contributed by atoms with Gasteiger partial charge in [-0.2, -0.15) is 10.4 Å². The van der Waals surface area contributed by atoms with Gasteiger partial charge in [0.05, 0.1) is 18.6 Å². The number of hydrogen-bond donors (Lipinski definition) is 2. The first-order valence-corrected chi connectivity index (χ1v) is 5.30. The zero-order valence-corrected chi connectivity index (χ0v) is 9.98. The molecule has 2 heterocycles. The van der Waals surface area contributed by atoms with Gasteiger partial charge in [-0.3, -0.25) is 4.68 Å². The minimum atomic E-state index is -1.06. The number of anilines is 1. The lowest BCUT2D eigenvalue weighted by atomic mass is 10.1. The molecule has 1 unspecified atom stereocenters. The highest BCUT2D eigenvalue weighted by atomic mass is 16.4. The molecule has 8 heteroatoms. The number of carbonyl (C=O) groups is 1. The predicted molar refractivity (Wildman–Crippen MR) is 64.0 cm³/mol. The molecule has 0 bridgehead atoms. The Kier molecular flexibility index (Phi) is 3.38. The fraction of sp³-hybridized carbons (Fsp3) is 0.182. The summed E-state index contributed by atoms with van der Waals surface area (Å²) in [5.74, 6) is -0.783. The average Bonchev–Trinajstić information content (AvgIpc) is 2.82. The largest absolute Gasteiger partial charge is 0.479 e. The Bertz CT molecular complexity index is 627. The van der Waals surface area contributed by atoms with E-state index in [9.17, 15) is 9.90 Å². The molecule has 0 aliphatic heterocycles. The highest BCUT2D eigenvalue weighted by molar-refractivity contribution is 5.78. The van der Waals surface area contributed by atoms with E-state index >= 15 is 0 Å². The maximum absolute atomic E-state index is 11.2. The van der Waals surface area contributed by atoms with Crippen molar-refractivity contribution >= 4 is 11.8 Å². The van der Waals surface area contributed by atoms with Crippen molar-refractivity contribution in [2.24, 2.45) is 7.05 Å². The molecule has 0 fully saturated rings. The van der Waals surface area contributed by atoms with E-state index in [1.807, 2.05) is 6.07 Å². The molecule has 0 aromatic carbocycles. The lowest BCUT2D eigenvalue weighted by Gasteiger charge is -2.12. The third-order valence-electron chi connectivity index (χ3n) is 2.36. The van der Waals surface area contributed by atoms with E-state index in [1.54, 1.807) is 13.2 Å². The molecule has 0 amide bonds. The summed E-state index contributed by atoms with van der Waals surface area (Å²) in [6.45, 7) is 0.